The van der Waals surface area contributed by atoms with Crippen molar-refractivity contribution in [3.8, 4) is 5.75 Å². The number of ether oxygens (including phenoxy) is 2. The maximum atomic E-state index is 12.4. The van der Waals surface area contributed by atoms with Crippen molar-refractivity contribution >= 4 is 40.1 Å². The molecule has 0 aliphatic rings. The summed E-state index contributed by atoms with van der Waals surface area (Å²) in [6, 6.07) is 13.6. The van der Waals surface area contributed by atoms with E-state index in [1.807, 2.05) is 6.92 Å². The number of halogens is 1. The quantitative estimate of drug-likeness (QED) is 0.622. The number of benzene rings is 2. The fraction of sp³-hybridized carbons (Fsp3) is 0.200. The number of para-hydroxylation sites is 2. The molecule has 0 spiro atoms. The minimum Gasteiger partial charge on any atom is -0.492 e. The monoisotopic (exact) mass is 387 g/mol. The molecular formula is C20H18ClNO5. The number of furan rings is 1. The fourth-order valence-corrected chi connectivity index (χ4v) is 2.65. The Bertz CT molecular complexity index is 981. The molecule has 0 fully saturated rings. The number of carbonyl (C=O) groups is 2. The number of fused-ring (bicyclic) bond motifs is 1. The van der Waals surface area contributed by atoms with Crippen LogP contribution >= 0.6 is 11.6 Å². The number of nitrogens with one attached hydrogen (secondary N) is 1. The van der Waals surface area contributed by atoms with Crippen LogP contribution in [0, 0.1) is 0 Å². The topological polar surface area (TPSA) is 77.8 Å². The van der Waals surface area contributed by atoms with E-state index in [4.69, 9.17) is 25.5 Å². The summed E-state index contributed by atoms with van der Waals surface area (Å²) in [7, 11) is 0. The van der Waals surface area contributed by atoms with Crippen molar-refractivity contribution in [2.24, 2.45) is 0 Å². The Balaban J connectivity index is 1.67. The molecule has 1 N–H and O–H groups in total. The molecule has 1 aromatic heterocycles. The van der Waals surface area contributed by atoms with Crippen LogP contribution in [-0.4, -0.2) is 24.6 Å². The lowest BCUT2D eigenvalue weighted by molar-refractivity contribution is -0.123. The van der Waals surface area contributed by atoms with Gasteiger partial charge < -0.3 is 19.2 Å². The summed E-state index contributed by atoms with van der Waals surface area (Å²) in [5.41, 5.74) is 1.01. The lowest BCUT2D eigenvalue weighted by Gasteiger charge is -2.15. The lowest BCUT2D eigenvalue weighted by Crippen LogP contribution is -2.30. The molecule has 1 atom stereocenters. The van der Waals surface area contributed by atoms with Gasteiger partial charge in [-0.3, -0.25) is 4.79 Å². The highest BCUT2D eigenvalue weighted by Gasteiger charge is 2.22. The third-order valence-electron chi connectivity index (χ3n) is 3.78. The van der Waals surface area contributed by atoms with Crippen LogP contribution in [0.25, 0.3) is 11.0 Å². The first-order chi connectivity index (χ1) is 13.0. The molecule has 1 heterocycles. The average Bonchev–Trinajstić information content (AvgIpc) is 3.06. The van der Waals surface area contributed by atoms with Crippen LogP contribution in [-0.2, 0) is 9.53 Å². The highest BCUT2D eigenvalue weighted by Crippen LogP contribution is 2.25. The first kappa shape index (κ1) is 18.8. The number of hydrogen-bond acceptors (Lipinski definition) is 5. The van der Waals surface area contributed by atoms with E-state index >= 15 is 0 Å². The van der Waals surface area contributed by atoms with E-state index in [1.54, 1.807) is 42.5 Å². The minimum atomic E-state index is -1.02. The van der Waals surface area contributed by atoms with E-state index in [2.05, 4.69) is 5.32 Å². The van der Waals surface area contributed by atoms with E-state index in [1.165, 1.54) is 13.0 Å². The number of anilines is 1. The molecule has 0 aliphatic heterocycles. The highest BCUT2D eigenvalue weighted by atomic mass is 35.5. The normalized spacial score (nSPS) is 11.8. The van der Waals surface area contributed by atoms with Gasteiger partial charge in [-0.15, -0.1) is 0 Å². The summed E-state index contributed by atoms with van der Waals surface area (Å²) in [6.07, 6.45) is -1.02. The molecule has 0 saturated heterocycles. The maximum Gasteiger partial charge on any atom is 0.375 e. The third kappa shape index (κ3) is 4.41. The first-order valence-electron chi connectivity index (χ1n) is 8.40. The lowest BCUT2D eigenvalue weighted by atomic mass is 10.2. The van der Waals surface area contributed by atoms with Gasteiger partial charge in [0, 0.05) is 10.4 Å². The number of amides is 1. The number of hydrogen-bond donors (Lipinski definition) is 1. The van der Waals surface area contributed by atoms with Crippen molar-refractivity contribution in [2.75, 3.05) is 11.9 Å². The molecule has 7 heteroatoms. The predicted octanol–water partition coefficient (Wildman–Crippen LogP) is 4.67. The van der Waals surface area contributed by atoms with E-state index in [-0.39, 0.29) is 5.76 Å². The average molecular weight is 388 g/mol. The molecule has 2 aromatic carbocycles. The van der Waals surface area contributed by atoms with E-state index in [0.29, 0.717) is 34.0 Å². The SMILES string of the molecule is CCOc1ccccc1NC(=O)C(C)OC(=O)c1cc2cc(Cl)ccc2o1. The van der Waals surface area contributed by atoms with Gasteiger partial charge in [-0.25, -0.2) is 4.79 Å². The number of esters is 1. The Labute approximate surface area is 161 Å². The highest BCUT2D eigenvalue weighted by molar-refractivity contribution is 6.31. The first-order valence-corrected chi connectivity index (χ1v) is 8.78. The van der Waals surface area contributed by atoms with Gasteiger partial charge in [0.1, 0.15) is 11.3 Å². The molecule has 3 rings (SSSR count). The molecule has 6 nitrogen and oxygen atoms in total. The summed E-state index contributed by atoms with van der Waals surface area (Å²) < 4.78 is 16.1. The minimum absolute atomic E-state index is 0.00151. The Hall–Kier alpha value is -2.99. The molecule has 27 heavy (non-hydrogen) atoms. The standard InChI is InChI=1S/C20H18ClNO5/c1-3-25-17-7-5-4-6-15(17)22-19(23)12(2)26-20(24)18-11-13-10-14(21)8-9-16(13)27-18/h4-12H,3H2,1-2H3,(H,22,23). The fourth-order valence-electron chi connectivity index (χ4n) is 2.47. The predicted molar refractivity (Wildman–Crippen MR) is 102 cm³/mol. The van der Waals surface area contributed by atoms with Crippen LogP contribution in [0.3, 0.4) is 0 Å². The smallest absolute Gasteiger partial charge is 0.375 e. The van der Waals surface area contributed by atoms with Gasteiger partial charge in [0.15, 0.2) is 6.10 Å². The Kier molecular flexibility index (Phi) is 5.66. The zero-order valence-electron chi connectivity index (χ0n) is 14.8. The largest absolute Gasteiger partial charge is 0.492 e. The molecule has 3 aromatic rings. The summed E-state index contributed by atoms with van der Waals surface area (Å²) >= 11 is 5.92. The van der Waals surface area contributed by atoms with Crippen molar-refractivity contribution in [1.29, 1.82) is 0 Å². The molecule has 0 bridgehead atoms. The van der Waals surface area contributed by atoms with Gasteiger partial charge in [0.25, 0.3) is 5.91 Å². The molecule has 0 radical (unpaired) electrons. The molecule has 1 unspecified atom stereocenters. The zero-order chi connectivity index (χ0) is 19.4. The van der Waals surface area contributed by atoms with Gasteiger partial charge in [-0.05, 0) is 50.2 Å². The second kappa shape index (κ2) is 8.14. The summed E-state index contributed by atoms with van der Waals surface area (Å²) in [6.45, 7) is 3.80. The van der Waals surface area contributed by atoms with E-state index in [9.17, 15) is 9.59 Å². The van der Waals surface area contributed by atoms with Gasteiger partial charge in [0.05, 0.1) is 12.3 Å². The van der Waals surface area contributed by atoms with Crippen molar-refractivity contribution in [3.05, 3.63) is 59.3 Å². The van der Waals surface area contributed by atoms with Crippen LogP contribution in [0.4, 0.5) is 5.69 Å². The van der Waals surface area contributed by atoms with Crippen molar-refractivity contribution in [2.45, 2.75) is 20.0 Å². The van der Waals surface area contributed by atoms with E-state index in [0.717, 1.165) is 0 Å². The Morgan fingerprint density at radius 1 is 1.19 bits per heavy atom. The number of rotatable bonds is 6. The van der Waals surface area contributed by atoms with Crippen molar-refractivity contribution < 1.29 is 23.5 Å². The Morgan fingerprint density at radius 3 is 2.74 bits per heavy atom. The van der Waals surface area contributed by atoms with Crippen LogP contribution in [0.1, 0.15) is 24.4 Å². The number of carbonyl (C=O) groups excluding carboxylic acids is 2. The Morgan fingerprint density at radius 2 is 1.96 bits per heavy atom. The van der Waals surface area contributed by atoms with Crippen LogP contribution in [0.5, 0.6) is 5.75 Å². The molecule has 0 saturated carbocycles. The zero-order valence-corrected chi connectivity index (χ0v) is 15.6. The third-order valence-corrected chi connectivity index (χ3v) is 4.01. The summed E-state index contributed by atoms with van der Waals surface area (Å²) in [4.78, 5) is 24.6. The van der Waals surface area contributed by atoms with Gasteiger partial charge in [-0.2, -0.15) is 0 Å². The second-order valence-electron chi connectivity index (χ2n) is 5.76. The van der Waals surface area contributed by atoms with Crippen molar-refractivity contribution in [1.82, 2.24) is 0 Å². The second-order valence-corrected chi connectivity index (χ2v) is 6.20. The van der Waals surface area contributed by atoms with Crippen LogP contribution < -0.4 is 10.1 Å². The van der Waals surface area contributed by atoms with Crippen LogP contribution in [0.15, 0.2) is 52.9 Å². The molecular weight excluding hydrogens is 370 g/mol. The van der Waals surface area contributed by atoms with Gasteiger partial charge in [0.2, 0.25) is 5.76 Å². The summed E-state index contributed by atoms with van der Waals surface area (Å²) in [5, 5.41) is 3.91. The molecule has 140 valence electrons. The van der Waals surface area contributed by atoms with Crippen molar-refractivity contribution in [3.63, 3.8) is 0 Å². The summed E-state index contributed by atoms with van der Waals surface area (Å²) in [5.74, 6) is -0.666. The maximum absolute atomic E-state index is 12.4. The van der Waals surface area contributed by atoms with Crippen LogP contribution in [0.2, 0.25) is 5.02 Å². The molecule has 1 amide bonds. The molecule has 0 aliphatic carbocycles. The van der Waals surface area contributed by atoms with E-state index < -0.39 is 18.0 Å². The van der Waals surface area contributed by atoms with Gasteiger partial charge >= 0.3 is 5.97 Å². The van der Waals surface area contributed by atoms with Gasteiger partial charge in [-0.1, -0.05) is 23.7 Å².